The molecule has 0 aromatic carbocycles. The minimum Gasteiger partial charge on any atom is -0.481 e. The lowest BCUT2D eigenvalue weighted by Crippen LogP contribution is -2.42. The normalized spacial score (nSPS) is 18.6. The first-order valence-corrected chi connectivity index (χ1v) is 6.75. The number of nitrogens with zero attached hydrogens (tertiary/aromatic N) is 3. The van der Waals surface area contributed by atoms with Gasteiger partial charge in [-0.15, -0.1) is 0 Å². The number of piperidine rings is 1. The van der Waals surface area contributed by atoms with Gasteiger partial charge in [-0.25, -0.2) is 0 Å². The van der Waals surface area contributed by atoms with Crippen LogP contribution in [0.4, 0.5) is 11.5 Å². The molecule has 1 aliphatic rings. The third-order valence-corrected chi connectivity index (χ3v) is 3.50. The van der Waals surface area contributed by atoms with Crippen molar-refractivity contribution in [1.82, 2.24) is 10.3 Å². The topological polar surface area (TPSA) is 80.5 Å². The van der Waals surface area contributed by atoms with E-state index in [0.29, 0.717) is 24.3 Å². The summed E-state index contributed by atoms with van der Waals surface area (Å²) in [5.74, 6) is 0.732. The van der Waals surface area contributed by atoms with E-state index in [-0.39, 0.29) is 5.69 Å². The number of nitrogens with one attached hydrogen (secondary N) is 1. The van der Waals surface area contributed by atoms with Crippen molar-refractivity contribution in [1.29, 1.82) is 0 Å². The Morgan fingerprint density at radius 1 is 1.55 bits per heavy atom. The highest BCUT2D eigenvalue weighted by molar-refractivity contribution is 5.58. The summed E-state index contributed by atoms with van der Waals surface area (Å²) in [6.07, 6.45) is 3.47. The molecule has 0 aliphatic carbocycles. The number of ether oxygens (including phenoxy) is 1. The van der Waals surface area contributed by atoms with Crippen LogP contribution in [0.3, 0.4) is 0 Å². The lowest BCUT2D eigenvalue weighted by Gasteiger charge is -2.28. The van der Waals surface area contributed by atoms with Crippen molar-refractivity contribution in [3.05, 3.63) is 22.2 Å². The number of anilines is 1. The number of hydrogen-bond donors (Lipinski definition) is 1. The smallest absolute Gasteiger partial charge is 0.311 e. The number of pyridine rings is 1. The molecular weight excluding hydrogens is 260 g/mol. The Morgan fingerprint density at radius 3 is 2.95 bits per heavy atom. The van der Waals surface area contributed by atoms with Gasteiger partial charge in [0, 0.05) is 31.8 Å². The summed E-state index contributed by atoms with van der Waals surface area (Å²) in [5, 5.41) is 14.5. The molecule has 0 amide bonds. The van der Waals surface area contributed by atoms with Gasteiger partial charge < -0.3 is 15.0 Å². The number of aromatic nitrogens is 1. The van der Waals surface area contributed by atoms with Crippen LogP contribution in [-0.4, -0.2) is 43.2 Å². The van der Waals surface area contributed by atoms with Gasteiger partial charge in [-0.05, 0) is 19.4 Å². The Balaban J connectivity index is 2.17. The summed E-state index contributed by atoms with van der Waals surface area (Å²) in [6, 6.07) is 3.29. The number of likely N-dealkylation sites (N-methyl/N-ethyl adjacent to an activating group) is 1. The number of rotatable bonds is 5. The molecule has 1 aliphatic heterocycles. The van der Waals surface area contributed by atoms with E-state index in [1.807, 2.05) is 11.9 Å². The van der Waals surface area contributed by atoms with E-state index >= 15 is 0 Å². The van der Waals surface area contributed by atoms with Crippen LogP contribution in [0.25, 0.3) is 0 Å². The summed E-state index contributed by atoms with van der Waals surface area (Å²) >= 11 is 0. The van der Waals surface area contributed by atoms with E-state index in [2.05, 4.69) is 10.3 Å². The summed E-state index contributed by atoms with van der Waals surface area (Å²) in [6.45, 7) is 1.70. The third-order valence-electron chi connectivity index (χ3n) is 3.50. The van der Waals surface area contributed by atoms with Crippen LogP contribution in [0, 0.1) is 10.1 Å². The highest BCUT2D eigenvalue weighted by Crippen LogP contribution is 2.28. The fraction of sp³-hybridized carbons (Fsp3) is 0.615. The van der Waals surface area contributed by atoms with Crippen LogP contribution in [0.5, 0.6) is 5.88 Å². The van der Waals surface area contributed by atoms with Gasteiger partial charge in [-0.1, -0.05) is 6.42 Å². The van der Waals surface area contributed by atoms with Gasteiger partial charge in [-0.2, -0.15) is 4.98 Å². The molecule has 0 bridgehead atoms. The van der Waals surface area contributed by atoms with Gasteiger partial charge in [0.25, 0.3) is 0 Å². The first kappa shape index (κ1) is 14.5. The fourth-order valence-electron chi connectivity index (χ4n) is 2.46. The van der Waals surface area contributed by atoms with Crippen LogP contribution >= 0.6 is 0 Å². The first-order valence-electron chi connectivity index (χ1n) is 6.75. The molecule has 1 atom stereocenters. The molecule has 110 valence electrons. The Hall–Kier alpha value is -1.89. The van der Waals surface area contributed by atoms with Gasteiger partial charge in [0.2, 0.25) is 11.7 Å². The quantitative estimate of drug-likeness (QED) is 0.651. The summed E-state index contributed by atoms with van der Waals surface area (Å²) < 4.78 is 5.05. The largest absolute Gasteiger partial charge is 0.481 e. The van der Waals surface area contributed by atoms with Crippen molar-refractivity contribution < 1.29 is 9.66 Å². The minimum atomic E-state index is -0.410. The Kier molecular flexibility index (Phi) is 4.73. The molecule has 20 heavy (non-hydrogen) atoms. The Labute approximate surface area is 118 Å². The maximum atomic E-state index is 11.1. The van der Waals surface area contributed by atoms with Crippen molar-refractivity contribution in [2.75, 3.05) is 32.1 Å². The first-order chi connectivity index (χ1) is 9.61. The molecule has 0 radical (unpaired) electrons. The van der Waals surface area contributed by atoms with E-state index in [1.165, 1.54) is 32.1 Å². The highest BCUT2D eigenvalue weighted by atomic mass is 16.6. The van der Waals surface area contributed by atoms with Gasteiger partial charge in [-0.3, -0.25) is 10.1 Å². The van der Waals surface area contributed by atoms with Crippen molar-refractivity contribution >= 4 is 11.5 Å². The van der Waals surface area contributed by atoms with Gasteiger partial charge in [0.15, 0.2) is 0 Å². The zero-order valence-electron chi connectivity index (χ0n) is 11.8. The van der Waals surface area contributed by atoms with Crippen molar-refractivity contribution in [2.24, 2.45) is 0 Å². The molecule has 2 heterocycles. The fourth-order valence-corrected chi connectivity index (χ4v) is 2.46. The van der Waals surface area contributed by atoms with Crippen molar-refractivity contribution in [3.8, 4) is 5.88 Å². The van der Waals surface area contributed by atoms with Crippen LogP contribution < -0.4 is 15.0 Å². The van der Waals surface area contributed by atoms with Crippen LogP contribution in [-0.2, 0) is 0 Å². The Bertz CT molecular complexity index is 475. The lowest BCUT2D eigenvalue weighted by molar-refractivity contribution is -0.384. The molecular formula is C13H20N4O3. The van der Waals surface area contributed by atoms with E-state index in [4.69, 9.17) is 4.74 Å². The van der Waals surface area contributed by atoms with E-state index in [0.717, 1.165) is 13.0 Å². The maximum Gasteiger partial charge on any atom is 0.311 e. The average Bonchev–Trinajstić information content (AvgIpc) is 2.47. The molecule has 1 aromatic rings. The molecule has 0 spiro atoms. The molecule has 7 nitrogen and oxygen atoms in total. The molecule has 2 rings (SSSR count). The predicted octanol–water partition coefficient (Wildman–Crippen LogP) is 1.58. The van der Waals surface area contributed by atoms with Crippen LogP contribution in [0.15, 0.2) is 12.1 Å². The second-order valence-electron chi connectivity index (χ2n) is 4.98. The number of nitro groups is 1. The minimum absolute atomic E-state index is 0.00381. The number of methoxy groups -OCH3 is 1. The molecule has 1 N–H and O–H groups in total. The molecule has 1 saturated heterocycles. The zero-order valence-corrected chi connectivity index (χ0v) is 11.8. The predicted molar refractivity (Wildman–Crippen MR) is 76.4 cm³/mol. The Morgan fingerprint density at radius 2 is 2.35 bits per heavy atom. The summed E-state index contributed by atoms with van der Waals surface area (Å²) in [5.41, 5.74) is 0.00381. The van der Waals surface area contributed by atoms with Crippen LogP contribution in [0.1, 0.15) is 19.3 Å². The summed E-state index contributed by atoms with van der Waals surface area (Å²) in [7, 11) is 3.33. The highest BCUT2D eigenvalue weighted by Gasteiger charge is 2.23. The van der Waals surface area contributed by atoms with Crippen molar-refractivity contribution in [3.63, 3.8) is 0 Å². The van der Waals surface area contributed by atoms with Gasteiger partial charge in [0.05, 0.1) is 12.0 Å². The van der Waals surface area contributed by atoms with Gasteiger partial charge >= 0.3 is 5.69 Å². The second kappa shape index (κ2) is 6.51. The summed E-state index contributed by atoms with van der Waals surface area (Å²) in [4.78, 5) is 16.7. The third kappa shape index (κ3) is 3.36. The molecule has 1 fully saturated rings. The molecule has 1 aromatic heterocycles. The molecule has 0 saturated carbocycles. The molecule has 1 unspecified atom stereocenters. The average molecular weight is 280 g/mol. The van der Waals surface area contributed by atoms with E-state index < -0.39 is 4.92 Å². The maximum absolute atomic E-state index is 11.1. The second-order valence-corrected chi connectivity index (χ2v) is 4.98. The van der Waals surface area contributed by atoms with E-state index in [1.54, 1.807) is 0 Å². The van der Waals surface area contributed by atoms with Gasteiger partial charge in [0.1, 0.15) is 0 Å². The monoisotopic (exact) mass is 280 g/mol. The number of hydrogen-bond acceptors (Lipinski definition) is 6. The van der Waals surface area contributed by atoms with Crippen molar-refractivity contribution in [2.45, 2.75) is 25.3 Å². The standard InChI is InChI=1S/C13H20N4O3/c1-16(9-10-5-3-4-8-14-10)13-11(17(18)19)6-7-12(15-13)20-2/h6-7,10,14H,3-5,8-9H2,1-2H3. The van der Waals surface area contributed by atoms with Crippen LogP contribution in [0.2, 0.25) is 0 Å². The SMILES string of the molecule is COc1ccc([N+](=O)[O-])c(N(C)CC2CCCCN2)n1. The lowest BCUT2D eigenvalue weighted by atomic mass is 10.0. The zero-order chi connectivity index (χ0) is 14.5. The molecule has 7 heteroatoms. The van der Waals surface area contributed by atoms with E-state index in [9.17, 15) is 10.1 Å².